The monoisotopic (exact) mass is 420 g/mol. The molecule has 0 spiro atoms. The molecule has 0 radical (unpaired) electrons. The third kappa shape index (κ3) is 15.4. The Balaban J connectivity index is 0.000000539. The number of hydrogen-bond acceptors (Lipinski definition) is 0. The van der Waals surface area contributed by atoms with E-state index in [1.165, 1.54) is 60.8 Å². The van der Waals surface area contributed by atoms with Gasteiger partial charge in [0, 0.05) is 0 Å². The summed E-state index contributed by atoms with van der Waals surface area (Å²) < 4.78 is 0. The predicted octanol–water partition coefficient (Wildman–Crippen LogP) is 9.71. The van der Waals surface area contributed by atoms with E-state index in [-0.39, 0.29) is 0 Å². The molecule has 0 aliphatic rings. The van der Waals surface area contributed by atoms with Gasteiger partial charge in [-0.2, -0.15) is 0 Å². The van der Waals surface area contributed by atoms with Gasteiger partial charge in [-0.3, -0.25) is 0 Å². The van der Waals surface area contributed by atoms with Crippen LogP contribution in [0.1, 0.15) is 95.9 Å². The van der Waals surface area contributed by atoms with Crippen LogP contribution in [0.5, 0.6) is 0 Å². The van der Waals surface area contributed by atoms with Crippen LogP contribution >= 0.6 is 0 Å². The molecule has 172 valence electrons. The molecule has 0 fully saturated rings. The van der Waals surface area contributed by atoms with Crippen LogP contribution in [0.2, 0.25) is 0 Å². The van der Waals surface area contributed by atoms with E-state index in [2.05, 4.69) is 101 Å². The Bertz CT molecular complexity index is 671. The molecule has 0 bridgehead atoms. The van der Waals surface area contributed by atoms with E-state index in [1.807, 2.05) is 13.8 Å². The Labute approximate surface area is 194 Å². The van der Waals surface area contributed by atoms with Crippen LogP contribution < -0.4 is 0 Å². The molecule has 0 aliphatic carbocycles. The maximum absolute atomic E-state index is 2.28. The minimum absolute atomic E-state index is 1.16. The van der Waals surface area contributed by atoms with Crippen molar-refractivity contribution in [3.63, 3.8) is 0 Å². The fraction of sp³-hybridized carbons (Fsp3) is 0.484. The van der Waals surface area contributed by atoms with Gasteiger partial charge >= 0.3 is 0 Å². The van der Waals surface area contributed by atoms with Crippen molar-refractivity contribution in [2.45, 2.75) is 99.3 Å². The van der Waals surface area contributed by atoms with Crippen LogP contribution in [0, 0.1) is 0 Å². The molecule has 2 aromatic carbocycles. The summed E-state index contributed by atoms with van der Waals surface area (Å²) in [6, 6.07) is 18.1. The number of rotatable bonds is 11. The average Bonchev–Trinajstić information content (AvgIpc) is 2.82. The molecule has 0 amide bonds. The van der Waals surface area contributed by atoms with E-state index in [0.717, 1.165) is 19.3 Å². The lowest BCUT2D eigenvalue weighted by Crippen LogP contribution is -1.87. The topological polar surface area (TPSA) is 0 Å². The number of unbranched alkanes of at least 4 members (excludes halogenated alkanes) is 1. The molecular weight excluding hydrogens is 372 g/mol. The molecular formula is C31H48. The first-order valence-electron chi connectivity index (χ1n) is 12.6. The van der Waals surface area contributed by atoms with E-state index >= 15 is 0 Å². The van der Waals surface area contributed by atoms with E-state index in [1.54, 1.807) is 0 Å². The molecule has 0 heterocycles. The molecule has 0 unspecified atom stereocenters. The molecule has 0 nitrogen and oxygen atoms in total. The van der Waals surface area contributed by atoms with Crippen molar-refractivity contribution in [3.05, 3.63) is 95.1 Å². The van der Waals surface area contributed by atoms with Gasteiger partial charge in [0.1, 0.15) is 0 Å². The second-order valence-electron chi connectivity index (χ2n) is 7.70. The van der Waals surface area contributed by atoms with Crippen molar-refractivity contribution in [2.24, 2.45) is 0 Å². The molecule has 0 atom stereocenters. The molecule has 0 aliphatic heterocycles. The summed E-state index contributed by atoms with van der Waals surface area (Å²) in [5, 5.41) is 0. The third-order valence-corrected chi connectivity index (χ3v) is 5.07. The molecule has 0 aromatic heterocycles. The number of allylic oxidation sites excluding steroid dienone is 4. The molecule has 0 N–H and O–H groups in total. The fourth-order valence-electron chi connectivity index (χ4n) is 3.25. The first-order valence-corrected chi connectivity index (χ1v) is 12.6. The summed E-state index contributed by atoms with van der Waals surface area (Å²) in [4.78, 5) is 0. The van der Waals surface area contributed by atoms with Gasteiger partial charge in [-0.05, 0) is 81.0 Å². The molecule has 31 heavy (non-hydrogen) atoms. The zero-order valence-corrected chi connectivity index (χ0v) is 21.3. The predicted molar refractivity (Wildman–Crippen MR) is 143 cm³/mol. The van der Waals surface area contributed by atoms with Crippen molar-refractivity contribution in [2.75, 3.05) is 0 Å². The zero-order chi connectivity index (χ0) is 23.2. The van der Waals surface area contributed by atoms with Crippen molar-refractivity contribution < 1.29 is 0 Å². The van der Waals surface area contributed by atoms with Crippen molar-refractivity contribution >= 4 is 0 Å². The maximum atomic E-state index is 2.28. The van der Waals surface area contributed by atoms with Gasteiger partial charge in [0.15, 0.2) is 0 Å². The quantitative estimate of drug-likeness (QED) is 0.317. The smallest absolute Gasteiger partial charge is 0.0244 e. The van der Waals surface area contributed by atoms with Gasteiger partial charge in [-0.1, -0.05) is 113 Å². The molecule has 0 saturated carbocycles. The second-order valence-corrected chi connectivity index (χ2v) is 7.70. The Hall–Kier alpha value is -2.08. The highest BCUT2D eigenvalue weighted by molar-refractivity contribution is 5.23. The Morgan fingerprint density at radius 1 is 0.516 bits per heavy atom. The molecule has 0 heteroatoms. The Kier molecular flexibility index (Phi) is 19.7. The van der Waals surface area contributed by atoms with Crippen LogP contribution in [0.4, 0.5) is 0 Å². The van der Waals surface area contributed by atoms with Crippen LogP contribution in [-0.4, -0.2) is 0 Å². The van der Waals surface area contributed by atoms with Gasteiger partial charge in [0.2, 0.25) is 0 Å². The van der Waals surface area contributed by atoms with E-state index < -0.39 is 0 Å². The summed E-state index contributed by atoms with van der Waals surface area (Å²) in [5.74, 6) is 0. The fourth-order valence-corrected chi connectivity index (χ4v) is 3.25. The van der Waals surface area contributed by atoms with Gasteiger partial charge < -0.3 is 0 Å². The van der Waals surface area contributed by atoms with E-state index in [0.29, 0.717) is 0 Å². The van der Waals surface area contributed by atoms with Gasteiger partial charge in [-0.25, -0.2) is 0 Å². The third-order valence-electron chi connectivity index (χ3n) is 5.07. The average molecular weight is 421 g/mol. The van der Waals surface area contributed by atoms with Crippen LogP contribution in [-0.2, 0) is 25.7 Å². The van der Waals surface area contributed by atoms with E-state index in [4.69, 9.17) is 0 Å². The van der Waals surface area contributed by atoms with Crippen LogP contribution in [0.3, 0.4) is 0 Å². The molecule has 2 rings (SSSR count). The normalized spacial score (nSPS) is 10.5. The lowest BCUT2D eigenvalue weighted by Gasteiger charge is -2.02. The SMILES string of the molecule is C/C=C/CCc1ccc(CCC)cc1.C/C=C/CCc1ccc(CCCC)cc1.CC. The summed E-state index contributed by atoms with van der Waals surface area (Å²) in [6.07, 6.45) is 19.6. The lowest BCUT2D eigenvalue weighted by atomic mass is 10.0. The van der Waals surface area contributed by atoms with Crippen LogP contribution in [0.15, 0.2) is 72.8 Å². The number of aryl methyl sites for hydroxylation is 4. The second kappa shape index (κ2) is 21.2. The minimum Gasteiger partial charge on any atom is -0.0917 e. The standard InChI is InChI=1S/C15H22.C14H20.C2H6/c1-3-5-7-9-15-12-10-14(11-13-15)8-6-4-2;1-3-5-6-8-14-11-9-13(7-4-2)10-12-14;1-2/h3,5,10-13H,4,6-9H2,1-2H3;3,5,9-12H,4,6-8H2,1-2H3;1-2H3/b2*5-3+;. The van der Waals surface area contributed by atoms with Crippen molar-refractivity contribution in [1.82, 2.24) is 0 Å². The summed E-state index contributed by atoms with van der Waals surface area (Å²) in [7, 11) is 0. The number of hydrogen-bond donors (Lipinski definition) is 0. The lowest BCUT2D eigenvalue weighted by molar-refractivity contribution is 0.794. The number of benzene rings is 2. The molecule has 2 aromatic rings. The largest absolute Gasteiger partial charge is 0.0917 e. The summed E-state index contributed by atoms with van der Waals surface area (Å²) >= 11 is 0. The highest BCUT2D eigenvalue weighted by Gasteiger charge is 1.94. The van der Waals surface area contributed by atoms with E-state index in [9.17, 15) is 0 Å². The maximum Gasteiger partial charge on any atom is -0.0244 e. The van der Waals surface area contributed by atoms with Gasteiger partial charge in [-0.15, -0.1) is 0 Å². The first kappa shape index (κ1) is 28.9. The highest BCUT2D eigenvalue weighted by atomic mass is 14.0. The Morgan fingerprint density at radius 3 is 1.19 bits per heavy atom. The first-order chi connectivity index (χ1) is 15.2. The van der Waals surface area contributed by atoms with Gasteiger partial charge in [0.05, 0.1) is 0 Å². The highest BCUT2D eigenvalue weighted by Crippen LogP contribution is 2.10. The minimum atomic E-state index is 1.16. The zero-order valence-electron chi connectivity index (χ0n) is 21.3. The summed E-state index contributed by atoms with van der Waals surface area (Å²) in [6.45, 7) is 12.6. The Morgan fingerprint density at radius 2 is 0.871 bits per heavy atom. The van der Waals surface area contributed by atoms with Crippen LogP contribution in [0.25, 0.3) is 0 Å². The van der Waals surface area contributed by atoms with Crippen molar-refractivity contribution in [1.29, 1.82) is 0 Å². The van der Waals surface area contributed by atoms with Crippen molar-refractivity contribution in [3.8, 4) is 0 Å². The molecule has 0 saturated heterocycles. The van der Waals surface area contributed by atoms with Gasteiger partial charge in [0.25, 0.3) is 0 Å². The summed E-state index contributed by atoms with van der Waals surface area (Å²) in [5.41, 5.74) is 5.84.